The Morgan fingerprint density at radius 3 is 1.40 bits per heavy atom. The number of anilines is 2. The third-order valence-corrected chi connectivity index (χ3v) is 20.7. The van der Waals surface area contributed by atoms with Crippen molar-refractivity contribution in [2.75, 3.05) is 89.2 Å². The number of para-hydroxylation sites is 2. The molecule has 10 heterocycles. The molecule has 0 saturated carbocycles. The topological polar surface area (TPSA) is 254 Å². The summed E-state index contributed by atoms with van der Waals surface area (Å²) in [6.45, 7) is 13.7. The molecule has 0 spiro atoms. The number of rotatable bonds is 12. The van der Waals surface area contributed by atoms with E-state index in [0.29, 0.717) is 109 Å². The second-order valence-electron chi connectivity index (χ2n) is 26.7. The smallest absolute Gasteiger partial charge is 0.410 e. The monoisotopic (exact) mass is 1270 g/mol. The van der Waals surface area contributed by atoms with Crippen LogP contribution in [-0.2, 0) is 45.0 Å². The van der Waals surface area contributed by atoms with E-state index in [0.717, 1.165) is 107 Å². The highest BCUT2D eigenvalue weighted by Crippen LogP contribution is 2.33. The number of nitrogens with zero attached hydrogens (tertiary/aromatic N) is 12. The number of piperidine rings is 6. The first-order chi connectivity index (χ1) is 45.3. The summed E-state index contributed by atoms with van der Waals surface area (Å²) in [5, 5.41) is 27.9. The summed E-state index contributed by atoms with van der Waals surface area (Å²) in [5.74, 6) is -0.749. The van der Waals surface area contributed by atoms with Crippen LogP contribution >= 0.6 is 0 Å². The second-order valence-corrected chi connectivity index (χ2v) is 26.7. The van der Waals surface area contributed by atoms with E-state index in [1.807, 2.05) is 83.1 Å². The molecule has 0 radical (unpaired) electrons. The summed E-state index contributed by atoms with van der Waals surface area (Å²) in [5.41, 5.74) is 9.50. The number of aromatic nitrogens is 6. The van der Waals surface area contributed by atoms with E-state index in [1.54, 1.807) is 20.8 Å². The average molecular weight is 1280 g/mol. The molecule has 25 heteroatoms. The number of aromatic amines is 2. The van der Waals surface area contributed by atoms with E-state index in [4.69, 9.17) is 9.47 Å². The van der Waals surface area contributed by atoms with Gasteiger partial charge in [-0.1, -0.05) is 55.3 Å². The van der Waals surface area contributed by atoms with Crippen LogP contribution in [0.3, 0.4) is 0 Å². The van der Waals surface area contributed by atoms with Crippen molar-refractivity contribution in [2.45, 2.75) is 166 Å². The number of likely N-dealkylation sites (tertiary alicyclic amines) is 6. The summed E-state index contributed by atoms with van der Waals surface area (Å²) in [4.78, 5) is 96.8. The average Bonchev–Trinajstić information content (AvgIpc) is 1.38. The van der Waals surface area contributed by atoms with E-state index in [2.05, 4.69) is 51.3 Å². The van der Waals surface area contributed by atoms with Gasteiger partial charge in [-0.3, -0.25) is 9.59 Å². The van der Waals surface area contributed by atoms with Crippen molar-refractivity contribution < 1.29 is 42.6 Å². The molecule has 2 unspecified atom stereocenters. The highest BCUT2D eigenvalue weighted by atomic mass is 19.1. The molecule has 8 amide bonds. The van der Waals surface area contributed by atoms with Gasteiger partial charge in [-0.25, -0.2) is 23.6 Å². The fourth-order valence-corrected chi connectivity index (χ4v) is 15.5. The number of carbonyl (C=O) groups excluding carboxylic acids is 6. The maximum absolute atomic E-state index is 14.2. The van der Waals surface area contributed by atoms with Gasteiger partial charge in [-0.05, 0) is 175 Å². The van der Waals surface area contributed by atoms with Crippen molar-refractivity contribution in [3.63, 3.8) is 0 Å². The van der Waals surface area contributed by atoms with Crippen LogP contribution in [0.4, 0.5) is 34.9 Å². The van der Waals surface area contributed by atoms with Gasteiger partial charge in [0.2, 0.25) is 0 Å². The van der Waals surface area contributed by atoms with Crippen molar-refractivity contribution in [1.29, 1.82) is 0 Å². The predicted octanol–water partition coefficient (Wildman–Crippen LogP) is 8.75. The number of H-pyrrole nitrogens is 2. The minimum Gasteiger partial charge on any atom is -0.436 e. The summed E-state index contributed by atoms with van der Waals surface area (Å²) in [6.07, 6.45) is 11.3. The highest BCUT2D eigenvalue weighted by molar-refractivity contribution is 5.93. The van der Waals surface area contributed by atoms with Crippen molar-refractivity contribution >= 4 is 69.5 Å². The van der Waals surface area contributed by atoms with Gasteiger partial charge in [-0.15, -0.1) is 0 Å². The summed E-state index contributed by atoms with van der Waals surface area (Å²) in [7, 11) is 0. The maximum atomic E-state index is 14.2. The Hall–Kier alpha value is -8.45. The first-order valence-electron chi connectivity index (χ1n) is 33.8. The van der Waals surface area contributed by atoms with Crippen molar-refractivity contribution in [3.8, 4) is 0 Å². The number of aryl methyl sites for hydroxylation is 2. The van der Waals surface area contributed by atoms with Gasteiger partial charge < -0.3 is 59.3 Å². The molecule has 4 aromatic carbocycles. The van der Waals surface area contributed by atoms with E-state index in [1.165, 1.54) is 44.6 Å². The van der Waals surface area contributed by atoms with Crippen LogP contribution in [0, 0.1) is 19.7 Å². The number of nitrogens with one attached hydrogen (secondary N) is 4. The standard InChI is InChI=1S/C34H43FN8O4.C34H44N8O4/c1-22-18-23(19-28-30(22)38-39-37-28)20-29(32(44)41-14-8-25(9-15-41)40-12-3-2-4-13-40)47-34(46)42-16-10-26(11-17-42)43-21-24-6-5-7-27(35)31(24)36-33(43)45;1-23-19-24(20-29-31(23)37-38-36-29)21-30(32(43)40-15-9-26(10-16-40)39-13-5-2-6-14-39)46-34(45)41-17-11-27(12-18-41)42-22-25-7-3-4-8-28(25)35-33(42)44/h5-7,18-19,25-26,29H,2-4,8-17,20-21H2,1H3,(H,36,45)(H,37,38,39);3-4,7-8,19-20,26-27,30H,2,5-6,9-18,21-22H2,1H3,(H,35,44)(H,36,37,38). The normalized spacial score (nSPS) is 20.7. The van der Waals surface area contributed by atoms with Gasteiger partial charge in [0.15, 0.2) is 12.2 Å². The molecule has 0 aliphatic carbocycles. The highest BCUT2D eigenvalue weighted by Gasteiger charge is 2.40. The van der Waals surface area contributed by atoms with Gasteiger partial charge in [0, 0.05) is 108 Å². The lowest BCUT2D eigenvalue weighted by Crippen LogP contribution is -2.53. The number of benzene rings is 4. The Morgan fingerprint density at radius 1 is 0.495 bits per heavy atom. The van der Waals surface area contributed by atoms with E-state index >= 15 is 0 Å². The molecule has 93 heavy (non-hydrogen) atoms. The predicted molar refractivity (Wildman–Crippen MR) is 346 cm³/mol. The molecule has 4 N–H and O–H groups in total. The zero-order chi connectivity index (χ0) is 64.1. The molecule has 2 atom stereocenters. The first-order valence-corrected chi connectivity index (χ1v) is 33.8. The fraction of sp³-hybridized carbons (Fsp3) is 0.559. The van der Waals surface area contributed by atoms with Crippen molar-refractivity contribution in [3.05, 3.63) is 106 Å². The van der Waals surface area contributed by atoms with Crippen LogP contribution in [0.25, 0.3) is 22.1 Å². The number of hydrogen-bond donors (Lipinski definition) is 4. The van der Waals surface area contributed by atoms with Gasteiger partial charge in [0.25, 0.3) is 11.8 Å². The van der Waals surface area contributed by atoms with E-state index in [-0.39, 0.29) is 54.5 Å². The van der Waals surface area contributed by atoms with Crippen LogP contribution in [0.1, 0.15) is 123 Å². The Labute approximate surface area is 541 Å². The Balaban J connectivity index is 0.000000169. The van der Waals surface area contributed by atoms with Gasteiger partial charge in [0.1, 0.15) is 27.9 Å². The molecule has 8 aliphatic heterocycles. The Morgan fingerprint density at radius 2 is 0.914 bits per heavy atom. The molecular formula is C68H87FN16O8. The number of hydrogen-bond acceptors (Lipinski definition) is 14. The van der Waals surface area contributed by atoms with Crippen molar-refractivity contribution in [2.24, 2.45) is 0 Å². The molecule has 494 valence electrons. The van der Waals surface area contributed by atoms with Gasteiger partial charge >= 0.3 is 24.2 Å². The quantitative estimate of drug-likeness (QED) is 0.0894. The fourth-order valence-electron chi connectivity index (χ4n) is 15.5. The third kappa shape index (κ3) is 14.4. The lowest BCUT2D eigenvalue weighted by Gasteiger charge is -2.41. The third-order valence-electron chi connectivity index (χ3n) is 20.7. The second kappa shape index (κ2) is 28.4. The van der Waals surface area contributed by atoms with Crippen molar-refractivity contribution in [1.82, 2.24) is 70.0 Å². The van der Waals surface area contributed by atoms with E-state index < -0.39 is 30.2 Å². The SMILES string of the molecule is Cc1cc(CC(OC(=O)N2CCC(N3Cc4cccc(F)c4NC3=O)CC2)C(=O)N2CCC(N3CCCCC3)CC2)cc2n[nH]nc12.Cc1cc(CC(OC(=O)N2CCC(N3Cc4ccccc4NC3=O)CC2)C(=O)N2CCC(N3CCCCC3)CC2)cc2n[nH]nc12. The van der Waals surface area contributed by atoms with Gasteiger partial charge in [0.05, 0.1) is 5.69 Å². The van der Waals surface area contributed by atoms with Crippen LogP contribution in [0.5, 0.6) is 0 Å². The summed E-state index contributed by atoms with van der Waals surface area (Å²) >= 11 is 0. The molecule has 14 rings (SSSR count). The number of ether oxygens (including phenoxy) is 2. The molecule has 0 bridgehead atoms. The Kier molecular flexibility index (Phi) is 19.3. The number of carbonyl (C=O) groups is 6. The minimum absolute atomic E-state index is 0.0215. The van der Waals surface area contributed by atoms with Crippen LogP contribution in [-0.4, -0.2) is 221 Å². The summed E-state index contributed by atoms with van der Waals surface area (Å²) in [6, 6.07) is 20.9. The molecule has 2 aromatic heterocycles. The number of halogens is 1. The van der Waals surface area contributed by atoms with E-state index in [9.17, 15) is 33.2 Å². The summed E-state index contributed by atoms with van der Waals surface area (Å²) < 4.78 is 26.3. The largest absolute Gasteiger partial charge is 0.436 e. The van der Waals surface area contributed by atoms with Crippen LogP contribution in [0.15, 0.2) is 66.7 Å². The lowest BCUT2D eigenvalue weighted by atomic mass is 9.98. The molecule has 6 saturated heterocycles. The number of fused-ring (bicyclic) bond motifs is 4. The minimum atomic E-state index is -0.977. The molecule has 6 fully saturated rings. The van der Waals surface area contributed by atoms with Gasteiger partial charge in [-0.2, -0.15) is 30.8 Å². The first kappa shape index (κ1) is 63.3. The molecule has 8 aliphatic rings. The maximum Gasteiger partial charge on any atom is 0.410 e. The number of amides is 8. The zero-order valence-corrected chi connectivity index (χ0v) is 53.5. The van der Waals surface area contributed by atoms with Crippen LogP contribution < -0.4 is 10.6 Å². The number of urea groups is 2. The molecule has 24 nitrogen and oxygen atoms in total. The Bertz CT molecular complexity index is 3670. The van der Waals surface area contributed by atoms with Crippen LogP contribution in [0.2, 0.25) is 0 Å². The molecule has 6 aromatic rings. The zero-order valence-electron chi connectivity index (χ0n) is 53.5. The lowest BCUT2D eigenvalue weighted by molar-refractivity contribution is -0.143. The molecular weight excluding hydrogens is 1190 g/mol.